The number of halogens is 1. The van der Waals surface area contributed by atoms with Crippen molar-refractivity contribution in [1.82, 2.24) is 14.9 Å². The second-order valence-electron chi connectivity index (χ2n) is 7.11. The number of thiocarbonyl (C=S) groups is 1. The van der Waals surface area contributed by atoms with Crippen molar-refractivity contribution in [2.75, 3.05) is 4.90 Å². The average Bonchev–Trinajstić information content (AvgIpc) is 3.40. The molecule has 1 fully saturated rings. The van der Waals surface area contributed by atoms with Crippen molar-refractivity contribution in [2.45, 2.75) is 12.1 Å². The molecule has 148 valence electrons. The van der Waals surface area contributed by atoms with Crippen molar-refractivity contribution < 1.29 is 0 Å². The monoisotopic (exact) mass is 430 g/mol. The van der Waals surface area contributed by atoms with E-state index in [1.54, 1.807) is 0 Å². The van der Waals surface area contributed by atoms with E-state index in [-0.39, 0.29) is 12.1 Å². The van der Waals surface area contributed by atoms with Gasteiger partial charge in [-0.3, -0.25) is 4.98 Å². The Morgan fingerprint density at radius 2 is 1.60 bits per heavy atom. The van der Waals surface area contributed by atoms with Gasteiger partial charge in [-0.1, -0.05) is 35.9 Å². The van der Waals surface area contributed by atoms with Crippen LogP contribution in [0, 0.1) is 0 Å². The molecule has 2 aromatic carbocycles. The molecule has 0 bridgehead atoms. The SMILES string of the molecule is S=C1N[C@@H](c2ccccn2)[C@@H](c2cccn2-c2ccccc2)N1c1ccc(Cl)cc1. The molecule has 4 aromatic rings. The van der Waals surface area contributed by atoms with E-state index in [2.05, 4.69) is 50.2 Å². The smallest absolute Gasteiger partial charge is 0.174 e. The van der Waals surface area contributed by atoms with E-state index in [1.807, 2.05) is 66.9 Å². The molecule has 0 unspecified atom stereocenters. The molecular formula is C24H19ClN4S. The van der Waals surface area contributed by atoms with Crippen LogP contribution in [0.5, 0.6) is 0 Å². The lowest BCUT2D eigenvalue weighted by Gasteiger charge is -2.29. The highest BCUT2D eigenvalue weighted by Gasteiger charge is 2.42. The second-order valence-corrected chi connectivity index (χ2v) is 7.93. The van der Waals surface area contributed by atoms with Crippen molar-refractivity contribution >= 4 is 34.6 Å². The first-order chi connectivity index (χ1) is 14.7. The molecule has 30 heavy (non-hydrogen) atoms. The van der Waals surface area contributed by atoms with Gasteiger partial charge >= 0.3 is 0 Å². The van der Waals surface area contributed by atoms with Gasteiger partial charge in [0.15, 0.2) is 5.11 Å². The Hall–Kier alpha value is -3.15. The van der Waals surface area contributed by atoms with Crippen LogP contribution >= 0.6 is 23.8 Å². The lowest BCUT2D eigenvalue weighted by Crippen LogP contribution is -2.30. The largest absolute Gasteiger partial charge is 0.351 e. The summed E-state index contributed by atoms with van der Waals surface area (Å²) >= 11 is 11.9. The number of aromatic nitrogens is 2. The van der Waals surface area contributed by atoms with E-state index in [9.17, 15) is 0 Å². The Morgan fingerprint density at radius 1 is 0.833 bits per heavy atom. The van der Waals surface area contributed by atoms with Crippen LogP contribution in [-0.2, 0) is 0 Å². The first-order valence-electron chi connectivity index (χ1n) is 9.71. The molecular weight excluding hydrogens is 412 g/mol. The van der Waals surface area contributed by atoms with Gasteiger partial charge in [0, 0.05) is 34.5 Å². The molecule has 0 aliphatic carbocycles. The van der Waals surface area contributed by atoms with Gasteiger partial charge < -0.3 is 14.8 Å². The van der Waals surface area contributed by atoms with Crippen molar-refractivity contribution in [3.8, 4) is 5.69 Å². The number of hydrogen-bond acceptors (Lipinski definition) is 2. The fourth-order valence-electron chi connectivity index (χ4n) is 3.99. The number of hydrogen-bond donors (Lipinski definition) is 1. The minimum Gasteiger partial charge on any atom is -0.351 e. The van der Waals surface area contributed by atoms with E-state index < -0.39 is 0 Å². The van der Waals surface area contributed by atoms with Gasteiger partial charge in [0.25, 0.3) is 0 Å². The molecule has 1 aliphatic heterocycles. The van der Waals surface area contributed by atoms with Gasteiger partial charge in [0.2, 0.25) is 0 Å². The summed E-state index contributed by atoms with van der Waals surface area (Å²) in [6, 6.07) is 28.1. The van der Waals surface area contributed by atoms with Crippen LogP contribution in [0.25, 0.3) is 5.69 Å². The van der Waals surface area contributed by atoms with Gasteiger partial charge in [-0.2, -0.15) is 0 Å². The average molecular weight is 431 g/mol. The van der Waals surface area contributed by atoms with E-state index in [0.29, 0.717) is 10.1 Å². The molecule has 0 radical (unpaired) electrons. The van der Waals surface area contributed by atoms with Gasteiger partial charge in [0.05, 0.1) is 11.7 Å². The molecule has 0 spiro atoms. The maximum atomic E-state index is 6.14. The fourth-order valence-corrected chi connectivity index (χ4v) is 4.47. The Kier molecular flexibility index (Phi) is 4.99. The van der Waals surface area contributed by atoms with Crippen LogP contribution in [0.15, 0.2) is 97.3 Å². The van der Waals surface area contributed by atoms with Crippen LogP contribution in [0.2, 0.25) is 5.02 Å². The summed E-state index contributed by atoms with van der Waals surface area (Å²) < 4.78 is 2.21. The number of nitrogens with zero attached hydrogens (tertiary/aromatic N) is 3. The van der Waals surface area contributed by atoms with Crippen molar-refractivity contribution in [2.24, 2.45) is 0 Å². The minimum atomic E-state index is -0.0910. The van der Waals surface area contributed by atoms with E-state index >= 15 is 0 Å². The summed E-state index contributed by atoms with van der Waals surface area (Å²) in [6.07, 6.45) is 3.90. The topological polar surface area (TPSA) is 33.1 Å². The lowest BCUT2D eigenvalue weighted by atomic mass is 10.0. The quantitative estimate of drug-likeness (QED) is 0.421. The number of rotatable bonds is 4. The first kappa shape index (κ1) is 18.9. The molecule has 1 N–H and O–H groups in total. The zero-order valence-electron chi connectivity index (χ0n) is 16.0. The zero-order valence-corrected chi connectivity index (χ0v) is 17.6. The summed E-state index contributed by atoms with van der Waals surface area (Å²) in [6.45, 7) is 0. The van der Waals surface area contributed by atoms with E-state index in [0.717, 1.165) is 22.8 Å². The molecule has 0 saturated carbocycles. The number of pyridine rings is 1. The normalized spacial score (nSPS) is 18.4. The molecule has 3 heterocycles. The Bertz CT molecular complexity index is 1160. The second kappa shape index (κ2) is 7.94. The molecule has 5 rings (SSSR count). The highest BCUT2D eigenvalue weighted by molar-refractivity contribution is 7.80. The van der Waals surface area contributed by atoms with Crippen molar-refractivity contribution in [3.63, 3.8) is 0 Å². The fraction of sp³-hybridized carbons (Fsp3) is 0.0833. The third-order valence-electron chi connectivity index (χ3n) is 5.32. The van der Waals surface area contributed by atoms with Crippen molar-refractivity contribution in [1.29, 1.82) is 0 Å². The number of anilines is 1. The molecule has 2 atom stereocenters. The minimum absolute atomic E-state index is 0.0798. The van der Waals surface area contributed by atoms with Gasteiger partial charge in [-0.05, 0) is 72.9 Å². The standard InChI is InChI=1S/C24H19ClN4S/c25-17-11-13-19(14-12-17)29-23(22(27-24(29)30)20-9-4-5-15-26-20)21-10-6-16-28(21)18-7-2-1-3-8-18/h1-16,22-23H,(H,27,30)/t22-,23+/m0/s1. The van der Waals surface area contributed by atoms with Gasteiger partial charge in [-0.25, -0.2) is 0 Å². The van der Waals surface area contributed by atoms with Crippen LogP contribution < -0.4 is 10.2 Å². The number of benzene rings is 2. The molecule has 1 saturated heterocycles. The summed E-state index contributed by atoms with van der Waals surface area (Å²) in [5, 5.41) is 4.86. The van der Waals surface area contributed by atoms with E-state index in [1.165, 1.54) is 0 Å². The Labute approximate surface area is 185 Å². The number of nitrogens with one attached hydrogen (secondary N) is 1. The highest BCUT2D eigenvalue weighted by atomic mass is 35.5. The summed E-state index contributed by atoms with van der Waals surface area (Å²) in [5.41, 5.74) is 4.16. The highest BCUT2D eigenvalue weighted by Crippen LogP contribution is 2.42. The van der Waals surface area contributed by atoms with Crippen LogP contribution in [0.1, 0.15) is 23.5 Å². The summed E-state index contributed by atoms with van der Waals surface area (Å²) in [7, 11) is 0. The van der Waals surface area contributed by atoms with Gasteiger partial charge in [0.1, 0.15) is 6.04 Å². The van der Waals surface area contributed by atoms with E-state index in [4.69, 9.17) is 23.8 Å². The summed E-state index contributed by atoms with van der Waals surface area (Å²) in [4.78, 5) is 6.77. The van der Waals surface area contributed by atoms with Crippen LogP contribution in [-0.4, -0.2) is 14.7 Å². The maximum absolute atomic E-state index is 6.14. The lowest BCUT2D eigenvalue weighted by molar-refractivity contribution is 0.549. The zero-order chi connectivity index (χ0) is 20.5. The first-order valence-corrected chi connectivity index (χ1v) is 10.5. The maximum Gasteiger partial charge on any atom is 0.174 e. The van der Waals surface area contributed by atoms with Crippen molar-refractivity contribution in [3.05, 3.63) is 114 Å². The third-order valence-corrected chi connectivity index (χ3v) is 5.89. The Balaban J connectivity index is 1.67. The Morgan fingerprint density at radius 3 is 2.33 bits per heavy atom. The molecule has 2 aromatic heterocycles. The predicted molar refractivity (Wildman–Crippen MR) is 125 cm³/mol. The van der Waals surface area contributed by atoms with Gasteiger partial charge in [-0.15, -0.1) is 0 Å². The molecule has 1 aliphatic rings. The third kappa shape index (κ3) is 3.36. The summed E-state index contributed by atoms with van der Waals surface area (Å²) in [5.74, 6) is 0. The predicted octanol–water partition coefficient (Wildman–Crippen LogP) is 5.70. The molecule has 4 nitrogen and oxygen atoms in total. The number of para-hydroxylation sites is 1. The molecule has 6 heteroatoms. The van der Waals surface area contributed by atoms with Crippen LogP contribution in [0.4, 0.5) is 5.69 Å². The molecule has 0 amide bonds. The van der Waals surface area contributed by atoms with Crippen LogP contribution in [0.3, 0.4) is 0 Å².